The van der Waals surface area contributed by atoms with E-state index in [1.54, 1.807) is 13.2 Å². The highest BCUT2D eigenvalue weighted by atomic mass is 35.5. The molecule has 106 valence electrons. The molecule has 2 rings (SSSR count). The van der Waals surface area contributed by atoms with E-state index in [2.05, 4.69) is 15.3 Å². The highest BCUT2D eigenvalue weighted by Gasteiger charge is 2.18. The van der Waals surface area contributed by atoms with Gasteiger partial charge in [0.05, 0.1) is 7.11 Å². The number of ether oxygens (including phenoxy) is 1. The maximum absolute atomic E-state index is 6.07. The largest absolute Gasteiger partial charge is 0.497 e. The maximum Gasteiger partial charge on any atom is 0.137 e. The smallest absolute Gasteiger partial charge is 0.137 e. The molecule has 4 nitrogen and oxygen atoms in total. The topological polar surface area (TPSA) is 47.0 Å². The second kappa shape index (κ2) is 5.67. The molecule has 0 unspecified atom stereocenters. The summed E-state index contributed by atoms with van der Waals surface area (Å²) in [6.45, 7) is 6.15. The van der Waals surface area contributed by atoms with Crippen molar-refractivity contribution < 1.29 is 4.74 Å². The van der Waals surface area contributed by atoms with Gasteiger partial charge in [-0.2, -0.15) is 0 Å². The van der Waals surface area contributed by atoms with Crippen molar-refractivity contribution in [2.45, 2.75) is 26.2 Å². The van der Waals surface area contributed by atoms with Crippen LogP contribution in [-0.4, -0.2) is 17.1 Å². The second-order valence-electron chi connectivity index (χ2n) is 5.51. The lowest BCUT2D eigenvalue weighted by molar-refractivity contribution is 0.415. The van der Waals surface area contributed by atoms with Crippen molar-refractivity contribution in [2.24, 2.45) is 0 Å². The number of benzene rings is 1. The van der Waals surface area contributed by atoms with Gasteiger partial charge >= 0.3 is 0 Å². The number of nitrogens with one attached hydrogen (secondary N) is 1. The molecule has 0 saturated heterocycles. The van der Waals surface area contributed by atoms with Crippen LogP contribution >= 0.6 is 11.6 Å². The summed E-state index contributed by atoms with van der Waals surface area (Å²) in [5.74, 6) is 2.16. The van der Waals surface area contributed by atoms with E-state index in [4.69, 9.17) is 16.3 Å². The van der Waals surface area contributed by atoms with Crippen molar-refractivity contribution in [1.82, 2.24) is 9.97 Å². The lowest BCUT2D eigenvalue weighted by atomic mass is 9.96. The Bertz CT molecular complexity index is 608. The lowest BCUT2D eigenvalue weighted by Gasteiger charge is -2.18. The van der Waals surface area contributed by atoms with Gasteiger partial charge in [-0.15, -0.1) is 0 Å². The molecular formula is C15H18ClN3O. The van der Waals surface area contributed by atoms with Crippen LogP contribution in [0.2, 0.25) is 5.15 Å². The van der Waals surface area contributed by atoms with Gasteiger partial charge in [0.2, 0.25) is 0 Å². The summed E-state index contributed by atoms with van der Waals surface area (Å²) in [6, 6.07) is 9.34. The number of hydrogen-bond acceptors (Lipinski definition) is 4. The molecule has 2 aromatic rings. The minimum atomic E-state index is -0.157. The van der Waals surface area contributed by atoms with Gasteiger partial charge in [-0.05, 0) is 12.1 Å². The first-order valence-corrected chi connectivity index (χ1v) is 6.72. The van der Waals surface area contributed by atoms with Crippen LogP contribution in [0.3, 0.4) is 0 Å². The maximum atomic E-state index is 6.07. The van der Waals surface area contributed by atoms with E-state index in [-0.39, 0.29) is 5.41 Å². The summed E-state index contributed by atoms with van der Waals surface area (Å²) >= 11 is 6.07. The molecule has 1 heterocycles. The van der Waals surface area contributed by atoms with Crippen molar-refractivity contribution >= 4 is 23.1 Å². The highest BCUT2D eigenvalue weighted by molar-refractivity contribution is 6.29. The van der Waals surface area contributed by atoms with Gasteiger partial charge in [0.15, 0.2) is 0 Å². The quantitative estimate of drug-likeness (QED) is 0.862. The predicted octanol–water partition coefficient (Wildman–Crippen LogP) is 4.18. The highest BCUT2D eigenvalue weighted by Crippen LogP contribution is 2.25. The summed E-state index contributed by atoms with van der Waals surface area (Å²) in [5.41, 5.74) is 0.731. The Kier molecular flexibility index (Phi) is 4.14. The Hall–Kier alpha value is -1.81. The average molecular weight is 292 g/mol. The van der Waals surface area contributed by atoms with E-state index >= 15 is 0 Å². The number of hydrogen-bond donors (Lipinski definition) is 1. The molecule has 0 aliphatic rings. The number of halogens is 1. The molecule has 0 aliphatic heterocycles. The fourth-order valence-corrected chi connectivity index (χ4v) is 1.85. The van der Waals surface area contributed by atoms with Gasteiger partial charge in [0.1, 0.15) is 22.5 Å². The van der Waals surface area contributed by atoms with E-state index in [1.807, 2.05) is 45.0 Å². The molecule has 0 bridgehead atoms. The molecule has 0 saturated carbocycles. The monoisotopic (exact) mass is 291 g/mol. The molecule has 0 fully saturated rings. The third kappa shape index (κ3) is 3.61. The number of methoxy groups -OCH3 is 1. The van der Waals surface area contributed by atoms with Crippen LogP contribution in [0.5, 0.6) is 5.75 Å². The Morgan fingerprint density at radius 1 is 1.15 bits per heavy atom. The van der Waals surface area contributed by atoms with Crippen LogP contribution in [0.4, 0.5) is 11.5 Å². The molecular weight excluding hydrogens is 274 g/mol. The number of rotatable bonds is 3. The normalized spacial score (nSPS) is 11.2. The summed E-state index contributed by atoms with van der Waals surface area (Å²) in [6.07, 6.45) is 0. The lowest BCUT2D eigenvalue weighted by Crippen LogP contribution is -2.16. The van der Waals surface area contributed by atoms with Crippen molar-refractivity contribution in [3.8, 4) is 5.75 Å². The molecule has 0 radical (unpaired) electrons. The van der Waals surface area contributed by atoms with Gasteiger partial charge in [-0.3, -0.25) is 0 Å². The van der Waals surface area contributed by atoms with Crippen LogP contribution in [0.25, 0.3) is 0 Å². The Morgan fingerprint density at radius 3 is 2.55 bits per heavy atom. The third-order valence-corrected chi connectivity index (χ3v) is 2.90. The third-order valence-electron chi connectivity index (χ3n) is 2.71. The zero-order valence-corrected chi connectivity index (χ0v) is 12.8. The van der Waals surface area contributed by atoms with Crippen LogP contribution in [0.15, 0.2) is 30.3 Å². The number of aromatic nitrogens is 2. The summed E-state index contributed by atoms with van der Waals surface area (Å²) in [7, 11) is 1.64. The fourth-order valence-electron chi connectivity index (χ4n) is 1.67. The molecule has 0 atom stereocenters. The van der Waals surface area contributed by atoms with E-state index < -0.39 is 0 Å². The zero-order chi connectivity index (χ0) is 14.8. The van der Waals surface area contributed by atoms with E-state index in [9.17, 15) is 0 Å². The van der Waals surface area contributed by atoms with Gasteiger partial charge in [0, 0.05) is 23.2 Å². The minimum Gasteiger partial charge on any atom is -0.497 e. The van der Waals surface area contributed by atoms with E-state index in [1.165, 1.54) is 0 Å². The second-order valence-corrected chi connectivity index (χ2v) is 5.89. The van der Waals surface area contributed by atoms with Crippen LogP contribution < -0.4 is 10.1 Å². The van der Waals surface area contributed by atoms with Crippen molar-refractivity contribution in [1.29, 1.82) is 0 Å². The Morgan fingerprint density at radius 2 is 1.90 bits per heavy atom. The zero-order valence-electron chi connectivity index (χ0n) is 12.1. The van der Waals surface area contributed by atoms with Gasteiger partial charge in [0.25, 0.3) is 0 Å². The summed E-state index contributed by atoms with van der Waals surface area (Å²) in [4.78, 5) is 8.78. The molecule has 5 heteroatoms. The first kappa shape index (κ1) is 14.6. The Balaban J connectivity index is 2.31. The summed E-state index contributed by atoms with van der Waals surface area (Å²) in [5, 5.41) is 3.64. The standard InChI is InChI=1S/C15H18ClN3O/c1-15(2,3)14-18-12(16)9-13(19-14)17-10-6-5-7-11(8-10)20-4/h5-9H,1-4H3,(H,17,18,19). The van der Waals surface area contributed by atoms with Crippen molar-refractivity contribution in [2.75, 3.05) is 12.4 Å². The molecule has 0 amide bonds. The summed E-state index contributed by atoms with van der Waals surface area (Å²) < 4.78 is 5.20. The molecule has 0 aliphatic carbocycles. The molecule has 1 aromatic carbocycles. The van der Waals surface area contributed by atoms with Gasteiger partial charge in [-0.1, -0.05) is 38.4 Å². The minimum absolute atomic E-state index is 0.157. The fraction of sp³-hybridized carbons (Fsp3) is 0.333. The van der Waals surface area contributed by atoms with Crippen LogP contribution in [0.1, 0.15) is 26.6 Å². The molecule has 1 N–H and O–H groups in total. The number of anilines is 2. The number of nitrogens with zero attached hydrogens (tertiary/aromatic N) is 2. The average Bonchev–Trinajstić information content (AvgIpc) is 2.37. The predicted molar refractivity (Wildman–Crippen MR) is 82.0 cm³/mol. The van der Waals surface area contributed by atoms with Crippen LogP contribution in [0, 0.1) is 0 Å². The Labute approximate surface area is 124 Å². The molecule has 20 heavy (non-hydrogen) atoms. The van der Waals surface area contributed by atoms with Gasteiger partial charge < -0.3 is 10.1 Å². The van der Waals surface area contributed by atoms with Crippen LogP contribution in [-0.2, 0) is 5.41 Å². The first-order valence-electron chi connectivity index (χ1n) is 6.34. The van der Waals surface area contributed by atoms with Crippen molar-refractivity contribution in [3.63, 3.8) is 0 Å². The van der Waals surface area contributed by atoms with Gasteiger partial charge in [-0.25, -0.2) is 9.97 Å². The SMILES string of the molecule is COc1cccc(Nc2cc(Cl)nc(C(C)(C)C)n2)c1. The van der Waals surface area contributed by atoms with E-state index in [0.29, 0.717) is 16.8 Å². The van der Waals surface area contributed by atoms with E-state index in [0.717, 1.165) is 11.4 Å². The first-order chi connectivity index (χ1) is 9.38. The van der Waals surface area contributed by atoms with Crippen molar-refractivity contribution in [3.05, 3.63) is 41.3 Å². The molecule has 0 spiro atoms. The molecule has 1 aromatic heterocycles.